The summed E-state index contributed by atoms with van der Waals surface area (Å²) in [5, 5.41) is 12.7. The number of hydrogen-bond donors (Lipinski definition) is 0. The van der Waals surface area contributed by atoms with E-state index in [0.717, 1.165) is 61.0 Å². The summed E-state index contributed by atoms with van der Waals surface area (Å²) in [5.74, 6) is 0. The van der Waals surface area contributed by atoms with Crippen molar-refractivity contribution in [2.45, 2.75) is 0 Å². The van der Waals surface area contributed by atoms with Crippen LogP contribution in [0.4, 0.5) is 5.69 Å². The lowest BCUT2D eigenvalue weighted by Crippen LogP contribution is -1.94. The second kappa shape index (κ2) is 10.7. The smallest absolute Gasteiger partial charge is 0.187 e. The van der Waals surface area contributed by atoms with Gasteiger partial charge in [0.1, 0.15) is 5.65 Å². The Balaban J connectivity index is 1.38. The molecule has 8 aromatic rings. The van der Waals surface area contributed by atoms with Gasteiger partial charge in [0.05, 0.1) is 35.1 Å². The lowest BCUT2D eigenvalue weighted by molar-refractivity contribution is 1.27. The topological polar surface area (TPSA) is 45.5 Å². The molecule has 0 aliphatic heterocycles. The van der Waals surface area contributed by atoms with Gasteiger partial charge >= 0.3 is 0 Å². The van der Waals surface area contributed by atoms with Crippen LogP contribution in [0.2, 0.25) is 0 Å². The molecule has 4 heteroatoms. The van der Waals surface area contributed by atoms with Crippen LogP contribution in [0.5, 0.6) is 0 Å². The van der Waals surface area contributed by atoms with E-state index < -0.39 is 0 Å². The van der Waals surface area contributed by atoms with Gasteiger partial charge in [-0.1, -0.05) is 115 Å². The second-order valence-corrected chi connectivity index (χ2v) is 11.0. The van der Waals surface area contributed by atoms with E-state index in [0.29, 0.717) is 11.3 Å². The SMILES string of the molecule is [C-]#[N+]c1ccc(-c2c(-c3ccc(C#N)cc3)nc3c4ccc(-c5ccc(-c6ccccc6)cc5)cc4c4ccccc4n23)cc1. The minimum absolute atomic E-state index is 0.590. The van der Waals surface area contributed by atoms with Gasteiger partial charge in [-0.15, -0.1) is 0 Å². The van der Waals surface area contributed by atoms with Crippen LogP contribution < -0.4 is 0 Å². The predicted octanol–water partition coefficient (Wildman–Crippen LogP) is 10.7. The van der Waals surface area contributed by atoms with E-state index >= 15 is 0 Å². The quantitative estimate of drug-likeness (QED) is 0.156. The number of fused-ring (bicyclic) bond motifs is 6. The van der Waals surface area contributed by atoms with Crippen molar-refractivity contribution in [1.82, 2.24) is 9.38 Å². The number of aromatic nitrogens is 2. The largest absolute Gasteiger partial charge is 0.291 e. The molecule has 0 bridgehead atoms. The minimum Gasteiger partial charge on any atom is -0.291 e. The Kier molecular flexibility index (Phi) is 6.19. The van der Waals surface area contributed by atoms with Crippen LogP contribution in [-0.2, 0) is 0 Å². The summed E-state index contributed by atoms with van der Waals surface area (Å²) in [5.41, 5.74) is 11.5. The van der Waals surface area contributed by atoms with Crippen molar-refractivity contribution in [3.05, 3.63) is 163 Å². The Morgan fingerprint density at radius 2 is 1.16 bits per heavy atom. The second-order valence-electron chi connectivity index (χ2n) is 11.0. The fourth-order valence-electron chi connectivity index (χ4n) is 6.22. The van der Waals surface area contributed by atoms with Gasteiger partial charge in [0.2, 0.25) is 0 Å². The van der Waals surface area contributed by atoms with Crippen LogP contribution >= 0.6 is 0 Å². The monoisotopic (exact) mass is 572 g/mol. The van der Waals surface area contributed by atoms with E-state index in [2.05, 4.69) is 106 Å². The van der Waals surface area contributed by atoms with Crippen molar-refractivity contribution >= 4 is 33.0 Å². The number of para-hydroxylation sites is 1. The fraction of sp³-hybridized carbons (Fsp3) is 0. The molecule has 0 unspecified atom stereocenters. The Bertz CT molecular complexity index is 2460. The number of imidazole rings is 1. The molecule has 0 aliphatic rings. The van der Waals surface area contributed by atoms with E-state index in [1.54, 1.807) is 0 Å². The highest BCUT2D eigenvalue weighted by molar-refractivity contribution is 6.14. The molecule has 0 saturated carbocycles. The molecule has 45 heavy (non-hydrogen) atoms. The highest BCUT2D eigenvalue weighted by atomic mass is 15.0. The summed E-state index contributed by atoms with van der Waals surface area (Å²) in [6.45, 7) is 7.44. The number of hydrogen-bond acceptors (Lipinski definition) is 2. The highest BCUT2D eigenvalue weighted by Gasteiger charge is 2.21. The molecule has 0 N–H and O–H groups in total. The van der Waals surface area contributed by atoms with Crippen LogP contribution in [0.3, 0.4) is 0 Å². The van der Waals surface area contributed by atoms with Crippen LogP contribution in [0.25, 0.3) is 76.9 Å². The minimum atomic E-state index is 0.590. The Morgan fingerprint density at radius 1 is 0.556 bits per heavy atom. The lowest BCUT2D eigenvalue weighted by Gasteiger charge is -2.13. The van der Waals surface area contributed by atoms with Gasteiger partial charge in [0, 0.05) is 16.3 Å². The maximum Gasteiger partial charge on any atom is 0.187 e. The van der Waals surface area contributed by atoms with Crippen molar-refractivity contribution in [1.29, 1.82) is 5.26 Å². The van der Waals surface area contributed by atoms with Gasteiger partial charge in [-0.05, 0) is 63.5 Å². The van der Waals surface area contributed by atoms with Gasteiger partial charge in [0.25, 0.3) is 0 Å². The standard InChI is InChI=1S/C41H24N4/c1-43-34-22-19-32(20-23-34)40-39(31-13-11-27(26-42)12-14-31)44-41-36-24-21-33(25-37(36)35-9-5-6-10-38(35)45(40)41)30-17-15-29(16-18-30)28-7-3-2-4-8-28/h2-25H. The van der Waals surface area contributed by atoms with E-state index in [4.69, 9.17) is 11.6 Å². The average molecular weight is 573 g/mol. The molecule has 208 valence electrons. The van der Waals surface area contributed by atoms with Crippen molar-refractivity contribution in [3.63, 3.8) is 0 Å². The van der Waals surface area contributed by atoms with Gasteiger partial charge in [-0.25, -0.2) is 9.83 Å². The highest BCUT2D eigenvalue weighted by Crippen LogP contribution is 2.40. The van der Waals surface area contributed by atoms with Crippen molar-refractivity contribution in [2.75, 3.05) is 0 Å². The summed E-state index contributed by atoms with van der Waals surface area (Å²) >= 11 is 0. The summed E-state index contributed by atoms with van der Waals surface area (Å²) in [6, 6.07) is 51.7. The summed E-state index contributed by atoms with van der Waals surface area (Å²) < 4.78 is 2.24. The molecule has 0 saturated heterocycles. The molecule has 0 radical (unpaired) electrons. The number of nitriles is 1. The molecular weight excluding hydrogens is 548 g/mol. The average Bonchev–Trinajstić information content (AvgIpc) is 3.53. The molecule has 8 rings (SSSR count). The van der Waals surface area contributed by atoms with Crippen LogP contribution in [0, 0.1) is 17.9 Å². The van der Waals surface area contributed by atoms with E-state index in [9.17, 15) is 5.26 Å². The zero-order valence-electron chi connectivity index (χ0n) is 24.1. The third kappa shape index (κ3) is 4.41. The number of pyridine rings is 1. The Hall–Kier alpha value is -6.49. The third-order valence-electron chi connectivity index (χ3n) is 8.46. The molecule has 0 aliphatic carbocycles. The van der Waals surface area contributed by atoms with E-state index in [1.165, 1.54) is 11.1 Å². The van der Waals surface area contributed by atoms with Crippen molar-refractivity contribution in [3.8, 4) is 50.8 Å². The number of nitrogens with zero attached hydrogens (tertiary/aromatic N) is 4. The first-order valence-corrected chi connectivity index (χ1v) is 14.7. The molecular formula is C41H24N4. The zero-order valence-corrected chi connectivity index (χ0v) is 24.1. The van der Waals surface area contributed by atoms with Crippen LogP contribution in [0.1, 0.15) is 5.56 Å². The molecule has 0 spiro atoms. The molecule has 2 aromatic heterocycles. The van der Waals surface area contributed by atoms with Crippen molar-refractivity contribution < 1.29 is 0 Å². The fourth-order valence-corrected chi connectivity index (χ4v) is 6.22. The normalized spacial score (nSPS) is 11.1. The van der Waals surface area contributed by atoms with E-state index in [-0.39, 0.29) is 0 Å². The van der Waals surface area contributed by atoms with Gasteiger partial charge in [-0.3, -0.25) is 4.40 Å². The Labute approximate surface area is 260 Å². The molecule has 0 fully saturated rings. The molecule has 6 aromatic carbocycles. The predicted molar refractivity (Wildman–Crippen MR) is 183 cm³/mol. The lowest BCUT2D eigenvalue weighted by atomic mass is 9.97. The molecule has 2 heterocycles. The first kappa shape index (κ1) is 26.2. The molecule has 0 atom stereocenters. The molecule has 0 amide bonds. The summed E-state index contributed by atoms with van der Waals surface area (Å²) in [6.07, 6.45) is 0. The summed E-state index contributed by atoms with van der Waals surface area (Å²) in [7, 11) is 0. The van der Waals surface area contributed by atoms with Crippen molar-refractivity contribution in [2.24, 2.45) is 0 Å². The first-order valence-electron chi connectivity index (χ1n) is 14.7. The van der Waals surface area contributed by atoms with Crippen LogP contribution in [-0.4, -0.2) is 9.38 Å². The summed E-state index contributed by atoms with van der Waals surface area (Å²) in [4.78, 5) is 8.90. The number of rotatable bonds is 4. The van der Waals surface area contributed by atoms with Gasteiger partial charge < -0.3 is 0 Å². The maximum atomic E-state index is 9.41. The van der Waals surface area contributed by atoms with Crippen LogP contribution in [0.15, 0.2) is 146 Å². The first-order chi connectivity index (χ1) is 22.2. The van der Waals surface area contributed by atoms with E-state index in [1.807, 2.05) is 54.6 Å². The maximum absolute atomic E-state index is 9.41. The van der Waals surface area contributed by atoms with Gasteiger partial charge in [-0.2, -0.15) is 5.26 Å². The third-order valence-corrected chi connectivity index (χ3v) is 8.46. The van der Waals surface area contributed by atoms with Gasteiger partial charge in [0.15, 0.2) is 5.69 Å². The number of benzene rings is 6. The molecule has 4 nitrogen and oxygen atoms in total. The zero-order chi connectivity index (χ0) is 30.3. The Morgan fingerprint density at radius 3 is 1.87 bits per heavy atom.